The van der Waals surface area contributed by atoms with Crippen molar-refractivity contribution in [2.24, 2.45) is 17.3 Å². The van der Waals surface area contributed by atoms with Gasteiger partial charge in [-0.2, -0.15) is 0 Å². The molecule has 1 aromatic carbocycles. The van der Waals surface area contributed by atoms with E-state index in [9.17, 15) is 19.8 Å². The summed E-state index contributed by atoms with van der Waals surface area (Å²) >= 11 is 0. The van der Waals surface area contributed by atoms with E-state index in [4.69, 9.17) is 4.74 Å². The Morgan fingerprint density at radius 3 is 2.71 bits per heavy atom. The van der Waals surface area contributed by atoms with Crippen molar-refractivity contribution >= 4 is 17.4 Å². The van der Waals surface area contributed by atoms with E-state index >= 15 is 0 Å². The molecule has 2 heterocycles. The number of aliphatic hydroxyl groups is 1. The van der Waals surface area contributed by atoms with Gasteiger partial charge in [-0.1, -0.05) is 6.92 Å². The highest BCUT2D eigenvalue weighted by molar-refractivity contribution is 6.02. The van der Waals surface area contributed by atoms with Gasteiger partial charge in [0.2, 0.25) is 0 Å². The summed E-state index contributed by atoms with van der Waals surface area (Å²) in [5.41, 5.74) is -1.64. The van der Waals surface area contributed by atoms with Crippen molar-refractivity contribution < 1.29 is 24.5 Å². The van der Waals surface area contributed by atoms with E-state index < -0.39 is 22.7 Å². The number of phenolic OH excluding ortho intramolecular Hbond substituents is 1. The molecule has 6 nitrogen and oxygen atoms in total. The minimum absolute atomic E-state index is 0.107. The smallest absolute Gasteiger partial charge is 0.334 e. The highest BCUT2D eigenvalue weighted by atomic mass is 16.6. The highest BCUT2D eigenvalue weighted by Gasteiger charge is 2.77. The Balaban J connectivity index is 1.57. The van der Waals surface area contributed by atoms with Gasteiger partial charge in [-0.25, -0.2) is 4.79 Å². The van der Waals surface area contributed by atoms with Crippen LogP contribution in [0.1, 0.15) is 32.3 Å². The van der Waals surface area contributed by atoms with Crippen LogP contribution in [0.3, 0.4) is 0 Å². The van der Waals surface area contributed by atoms with Crippen molar-refractivity contribution in [2.75, 3.05) is 11.4 Å². The summed E-state index contributed by atoms with van der Waals surface area (Å²) in [7, 11) is 0. The molecule has 0 amide bonds. The molecule has 1 spiro atoms. The zero-order chi connectivity index (χ0) is 20.1. The fraction of sp³-hybridized carbons (Fsp3) is 0.545. The molecule has 148 valence electrons. The number of ketones is 1. The summed E-state index contributed by atoms with van der Waals surface area (Å²) in [5.74, 6) is -0.540. The van der Waals surface area contributed by atoms with Crippen LogP contribution in [0.2, 0.25) is 0 Å². The molecule has 2 saturated heterocycles. The quantitative estimate of drug-likeness (QED) is 0.571. The van der Waals surface area contributed by atoms with E-state index in [1.807, 2.05) is 24.8 Å². The second-order valence-corrected chi connectivity index (χ2v) is 9.12. The third-order valence-electron chi connectivity index (χ3n) is 7.90. The van der Waals surface area contributed by atoms with Crippen molar-refractivity contribution in [2.45, 2.75) is 50.9 Å². The van der Waals surface area contributed by atoms with Gasteiger partial charge in [0, 0.05) is 11.6 Å². The Labute approximate surface area is 163 Å². The molecular formula is C22H25NO5. The van der Waals surface area contributed by atoms with Crippen LogP contribution < -0.4 is 4.90 Å². The Kier molecular flexibility index (Phi) is 3.28. The number of carbonyl (C=O) groups excluding carboxylic acids is 2. The number of nitrogens with zero attached hydrogens (tertiary/aromatic N) is 1. The standard InChI is InChI=1S/C22H25NO5/c1-12-10-14(5-7-16(12)24)23-11-21(23)15-6-4-13(2)22(27)9-8-17(25)20(22,3)18(15)28-19(21)26/h5,7-10,13,15,18,24,27H,4,6,11H2,1-3H3/t13-,15?,18?,20-,21?,22+,23?/m0/s1. The molecule has 4 aliphatic rings. The van der Waals surface area contributed by atoms with Crippen molar-refractivity contribution in [3.8, 4) is 5.75 Å². The maximum Gasteiger partial charge on any atom is 0.334 e. The van der Waals surface area contributed by atoms with Crippen LogP contribution in [0, 0.1) is 24.2 Å². The first-order valence-electron chi connectivity index (χ1n) is 9.90. The fourth-order valence-electron chi connectivity index (χ4n) is 5.88. The second-order valence-electron chi connectivity index (χ2n) is 9.12. The number of esters is 1. The molecule has 3 unspecified atom stereocenters. The molecule has 3 fully saturated rings. The van der Waals surface area contributed by atoms with Crippen LogP contribution in [0.25, 0.3) is 0 Å². The van der Waals surface area contributed by atoms with Crippen LogP contribution in [0.5, 0.6) is 5.75 Å². The molecule has 0 aromatic heterocycles. The number of fused-ring (bicyclic) bond motifs is 4. The first-order valence-corrected chi connectivity index (χ1v) is 9.90. The van der Waals surface area contributed by atoms with Gasteiger partial charge in [0.1, 0.15) is 17.5 Å². The monoisotopic (exact) mass is 383 g/mol. The fourth-order valence-corrected chi connectivity index (χ4v) is 5.88. The van der Waals surface area contributed by atoms with E-state index in [1.54, 1.807) is 25.1 Å². The number of carbonyl (C=O) groups is 2. The summed E-state index contributed by atoms with van der Waals surface area (Å²) in [6.45, 7) is 6.06. The predicted molar refractivity (Wildman–Crippen MR) is 102 cm³/mol. The van der Waals surface area contributed by atoms with Crippen LogP contribution in [-0.2, 0) is 14.3 Å². The maximum absolute atomic E-state index is 13.1. The number of ether oxygens (including phenoxy) is 1. The normalized spacial score (nSPS) is 43.7. The van der Waals surface area contributed by atoms with Crippen LogP contribution >= 0.6 is 0 Å². The van der Waals surface area contributed by atoms with Gasteiger partial charge in [-0.3, -0.25) is 4.79 Å². The number of hydrogen-bond donors (Lipinski definition) is 2. The Bertz CT molecular complexity index is 941. The van der Waals surface area contributed by atoms with E-state index in [0.717, 1.165) is 11.3 Å². The maximum atomic E-state index is 13.1. The summed E-state index contributed by atoms with van der Waals surface area (Å²) in [6.07, 6.45) is 3.83. The lowest BCUT2D eigenvalue weighted by Crippen LogP contribution is -2.57. The SMILES string of the molecule is Cc1cc(N2CC23C(=O)OC2C3CC[C@H](C)[C@]3(O)C=CC(=O)[C@@]23C)ccc1O. The van der Waals surface area contributed by atoms with Crippen molar-refractivity contribution in [1.82, 2.24) is 0 Å². The first-order chi connectivity index (χ1) is 13.2. The molecule has 1 saturated carbocycles. The van der Waals surface area contributed by atoms with E-state index in [2.05, 4.69) is 0 Å². The van der Waals surface area contributed by atoms with Gasteiger partial charge in [0.15, 0.2) is 11.3 Å². The largest absolute Gasteiger partial charge is 0.508 e. The van der Waals surface area contributed by atoms with E-state index in [-0.39, 0.29) is 29.3 Å². The molecule has 2 aliphatic heterocycles. The Morgan fingerprint density at radius 2 is 2.00 bits per heavy atom. The second kappa shape index (κ2) is 5.17. The molecule has 1 aromatic rings. The number of allylic oxidation sites excluding steroid dienone is 1. The number of hydrogen-bond acceptors (Lipinski definition) is 6. The summed E-state index contributed by atoms with van der Waals surface area (Å²) in [5, 5.41) is 21.2. The lowest BCUT2D eigenvalue weighted by Gasteiger charge is -2.43. The number of aryl methyl sites for hydroxylation is 1. The Morgan fingerprint density at radius 1 is 1.25 bits per heavy atom. The number of phenols is 1. The minimum Gasteiger partial charge on any atom is -0.508 e. The van der Waals surface area contributed by atoms with Gasteiger partial charge in [-0.15, -0.1) is 0 Å². The molecule has 28 heavy (non-hydrogen) atoms. The first kappa shape index (κ1) is 17.7. The number of aromatic hydroxyl groups is 1. The van der Waals surface area contributed by atoms with E-state index in [0.29, 0.717) is 19.4 Å². The average Bonchev–Trinajstić information content (AvgIpc) is 3.30. The van der Waals surface area contributed by atoms with Crippen LogP contribution in [0.4, 0.5) is 5.69 Å². The van der Waals surface area contributed by atoms with Gasteiger partial charge in [0.05, 0.1) is 12.0 Å². The molecule has 0 bridgehead atoms. The Hall–Kier alpha value is -2.34. The van der Waals surface area contributed by atoms with Crippen LogP contribution in [-0.4, -0.2) is 45.8 Å². The number of rotatable bonds is 1. The predicted octanol–water partition coefficient (Wildman–Crippen LogP) is 2.11. The topological polar surface area (TPSA) is 86.8 Å². The molecular weight excluding hydrogens is 358 g/mol. The summed E-state index contributed by atoms with van der Waals surface area (Å²) < 4.78 is 5.88. The van der Waals surface area contributed by atoms with Crippen molar-refractivity contribution in [3.63, 3.8) is 0 Å². The number of benzene rings is 1. The third kappa shape index (κ3) is 1.82. The van der Waals surface area contributed by atoms with Gasteiger partial charge in [-0.05, 0) is 68.5 Å². The van der Waals surface area contributed by atoms with Crippen molar-refractivity contribution in [3.05, 3.63) is 35.9 Å². The number of anilines is 1. The van der Waals surface area contributed by atoms with Gasteiger partial charge in [0.25, 0.3) is 0 Å². The lowest BCUT2D eigenvalue weighted by atomic mass is 9.64. The molecule has 2 aliphatic carbocycles. The third-order valence-corrected chi connectivity index (χ3v) is 7.90. The molecule has 6 atom stereocenters. The lowest BCUT2D eigenvalue weighted by molar-refractivity contribution is -0.166. The summed E-state index contributed by atoms with van der Waals surface area (Å²) in [6, 6.07) is 5.30. The highest BCUT2D eigenvalue weighted by Crippen LogP contribution is 2.62. The molecule has 0 radical (unpaired) electrons. The molecule has 2 N–H and O–H groups in total. The minimum atomic E-state index is -1.30. The zero-order valence-corrected chi connectivity index (χ0v) is 16.3. The molecule has 6 heteroatoms. The van der Waals surface area contributed by atoms with Gasteiger partial charge >= 0.3 is 5.97 Å². The molecule has 5 rings (SSSR count). The van der Waals surface area contributed by atoms with Crippen molar-refractivity contribution in [1.29, 1.82) is 0 Å². The van der Waals surface area contributed by atoms with Crippen LogP contribution in [0.15, 0.2) is 30.4 Å². The van der Waals surface area contributed by atoms with E-state index in [1.165, 1.54) is 6.08 Å². The zero-order valence-electron chi connectivity index (χ0n) is 16.3. The summed E-state index contributed by atoms with van der Waals surface area (Å²) in [4.78, 5) is 27.9. The van der Waals surface area contributed by atoms with Gasteiger partial charge < -0.3 is 19.8 Å². The average molecular weight is 383 g/mol.